The van der Waals surface area contributed by atoms with Gasteiger partial charge in [0.1, 0.15) is 22.8 Å². The average molecular weight is 484 g/mol. The predicted molar refractivity (Wildman–Crippen MR) is 133 cm³/mol. The van der Waals surface area contributed by atoms with Crippen LogP contribution in [0.3, 0.4) is 0 Å². The van der Waals surface area contributed by atoms with Gasteiger partial charge in [0.05, 0.1) is 10.6 Å². The fourth-order valence-electron chi connectivity index (χ4n) is 5.03. The Bertz CT molecular complexity index is 1120. The monoisotopic (exact) mass is 483 g/mol. The van der Waals surface area contributed by atoms with Gasteiger partial charge < -0.3 is 14.7 Å². The van der Waals surface area contributed by atoms with Crippen LogP contribution in [-0.2, 0) is 6.42 Å². The number of amides is 1. The predicted octanol–water partition coefficient (Wildman–Crippen LogP) is 6.05. The number of benzene rings is 2. The molecule has 0 atom stereocenters. The molecular weight excluding hydrogens is 453 g/mol. The number of aromatic nitrogens is 1. The molecule has 1 amide bonds. The zero-order chi connectivity index (χ0) is 24.3. The molecule has 1 aromatic heterocycles. The average Bonchev–Trinajstić information content (AvgIpc) is 3.20. The van der Waals surface area contributed by atoms with Gasteiger partial charge in [0, 0.05) is 11.6 Å². The Morgan fingerprint density at radius 1 is 1.18 bits per heavy atom. The van der Waals surface area contributed by atoms with Crippen LogP contribution in [0.5, 0.6) is 0 Å². The molecule has 1 aliphatic carbocycles. The smallest absolute Gasteiger partial charge is 0.257 e. The first-order valence-electron chi connectivity index (χ1n) is 11.7. The van der Waals surface area contributed by atoms with E-state index in [9.17, 15) is 9.18 Å². The first-order chi connectivity index (χ1) is 16.3. The van der Waals surface area contributed by atoms with Gasteiger partial charge in [-0.05, 0) is 77.2 Å². The van der Waals surface area contributed by atoms with E-state index in [0.29, 0.717) is 5.76 Å². The Balaban J connectivity index is 1.44. The third-order valence-electron chi connectivity index (χ3n) is 7.21. The van der Waals surface area contributed by atoms with Gasteiger partial charge in [-0.25, -0.2) is 4.39 Å². The summed E-state index contributed by atoms with van der Waals surface area (Å²) in [7, 11) is 4.30. The molecule has 2 aromatic carbocycles. The summed E-state index contributed by atoms with van der Waals surface area (Å²) < 4.78 is 19.8. The lowest BCUT2D eigenvalue weighted by molar-refractivity contribution is 0.0717. The van der Waals surface area contributed by atoms with Crippen LogP contribution in [0.15, 0.2) is 53.1 Å². The first kappa shape index (κ1) is 24.4. The minimum absolute atomic E-state index is 0.0375. The third kappa shape index (κ3) is 5.03. The summed E-state index contributed by atoms with van der Waals surface area (Å²) >= 11 is 6.22. The third-order valence-corrected chi connectivity index (χ3v) is 7.53. The Morgan fingerprint density at radius 3 is 2.53 bits per heavy atom. The van der Waals surface area contributed by atoms with Gasteiger partial charge in [-0.15, -0.1) is 0 Å². The summed E-state index contributed by atoms with van der Waals surface area (Å²) in [6.07, 6.45) is 5.84. The largest absolute Gasteiger partial charge is 0.360 e. The van der Waals surface area contributed by atoms with E-state index in [1.807, 2.05) is 6.07 Å². The Hall–Kier alpha value is -2.70. The van der Waals surface area contributed by atoms with Gasteiger partial charge in [-0.3, -0.25) is 4.79 Å². The van der Waals surface area contributed by atoms with Gasteiger partial charge in [-0.1, -0.05) is 53.2 Å². The molecule has 180 valence electrons. The van der Waals surface area contributed by atoms with E-state index < -0.39 is 5.82 Å². The van der Waals surface area contributed by atoms with Crippen molar-refractivity contribution in [2.45, 2.75) is 57.0 Å². The number of rotatable bonds is 7. The van der Waals surface area contributed by atoms with Crippen molar-refractivity contribution in [1.82, 2.24) is 15.4 Å². The molecule has 1 saturated carbocycles. The van der Waals surface area contributed by atoms with E-state index in [1.165, 1.54) is 17.7 Å². The van der Waals surface area contributed by atoms with Gasteiger partial charge >= 0.3 is 0 Å². The second-order valence-electron chi connectivity index (χ2n) is 9.41. The minimum atomic E-state index is -0.540. The maximum Gasteiger partial charge on any atom is 0.257 e. The lowest BCUT2D eigenvalue weighted by atomic mass is 9.75. The van der Waals surface area contributed by atoms with E-state index in [2.05, 4.69) is 53.7 Å². The lowest BCUT2D eigenvalue weighted by Crippen LogP contribution is -2.51. The van der Waals surface area contributed by atoms with Crippen molar-refractivity contribution >= 4 is 17.5 Å². The molecule has 0 spiro atoms. The topological polar surface area (TPSA) is 58.4 Å². The van der Waals surface area contributed by atoms with Crippen LogP contribution in [0, 0.1) is 12.7 Å². The zero-order valence-electron chi connectivity index (χ0n) is 19.9. The van der Waals surface area contributed by atoms with Crippen molar-refractivity contribution in [3.63, 3.8) is 0 Å². The molecule has 4 rings (SSSR count). The molecule has 1 aliphatic rings. The van der Waals surface area contributed by atoms with Gasteiger partial charge in [0.25, 0.3) is 5.91 Å². The van der Waals surface area contributed by atoms with E-state index in [-0.39, 0.29) is 39.3 Å². The number of aryl methyl sites for hydroxylation is 2. The second-order valence-corrected chi connectivity index (χ2v) is 9.82. The maximum absolute atomic E-state index is 14.5. The van der Waals surface area contributed by atoms with Crippen molar-refractivity contribution in [3.05, 3.63) is 76.3 Å². The highest BCUT2D eigenvalue weighted by Crippen LogP contribution is 2.37. The number of nitrogens with one attached hydrogen (secondary N) is 1. The molecule has 0 bridgehead atoms. The van der Waals surface area contributed by atoms with Crippen LogP contribution in [0.4, 0.5) is 4.39 Å². The highest BCUT2D eigenvalue weighted by molar-refractivity contribution is 6.33. The highest BCUT2D eigenvalue weighted by Gasteiger charge is 2.38. The Labute approximate surface area is 205 Å². The van der Waals surface area contributed by atoms with Crippen molar-refractivity contribution in [2.75, 3.05) is 14.1 Å². The number of carbonyl (C=O) groups excluding carboxylic acids is 1. The quantitative estimate of drug-likeness (QED) is 0.444. The first-order valence-corrected chi connectivity index (χ1v) is 12.1. The van der Waals surface area contributed by atoms with Gasteiger partial charge in [0.2, 0.25) is 0 Å². The molecule has 1 N–H and O–H groups in total. The number of carbonyl (C=O) groups is 1. The highest BCUT2D eigenvalue weighted by atomic mass is 35.5. The number of halogens is 2. The van der Waals surface area contributed by atoms with Crippen molar-refractivity contribution < 1.29 is 13.7 Å². The lowest BCUT2D eigenvalue weighted by Gasteiger charge is -2.45. The SMILES string of the molecule is Cc1onc(-c2c(F)cccc2Cl)c1C(=O)NC1CCC(CCc2ccccc2)(N(C)C)CC1. The summed E-state index contributed by atoms with van der Waals surface area (Å²) in [5.41, 5.74) is 1.92. The van der Waals surface area contributed by atoms with Crippen LogP contribution in [-0.4, -0.2) is 41.6 Å². The van der Waals surface area contributed by atoms with Crippen LogP contribution in [0.1, 0.15) is 53.8 Å². The van der Waals surface area contributed by atoms with E-state index in [4.69, 9.17) is 16.1 Å². The molecule has 5 nitrogen and oxygen atoms in total. The van der Waals surface area contributed by atoms with Crippen molar-refractivity contribution in [3.8, 4) is 11.3 Å². The van der Waals surface area contributed by atoms with Crippen molar-refractivity contribution in [1.29, 1.82) is 0 Å². The van der Waals surface area contributed by atoms with Gasteiger partial charge in [-0.2, -0.15) is 0 Å². The summed E-state index contributed by atoms with van der Waals surface area (Å²) in [6.45, 7) is 1.65. The van der Waals surface area contributed by atoms with E-state index in [1.54, 1.807) is 13.0 Å². The summed E-state index contributed by atoms with van der Waals surface area (Å²) in [4.78, 5) is 15.6. The minimum Gasteiger partial charge on any atom is -0.360 e. The maximum atomic E-state index is 14.5. The summed E-state index contributed by atoms with van der Waals surface area (Å²) in [6, 6.07) is 15.0. The normalized spacial score (nSPS) is 20.5. The fourth-order valence-corrected chi connectivity index (χ4v) is 5.29. The molecule has 3 aromatic rings. The Morgan fingerprint density at radius 2 is 1.88 bits per heavy atom. The molecular formula is C27H31ClFN3O2. The van der Waals surface area contributed by atoms with Gasteiger partial charge in [0.15, 0.2) is 0 Å². The van der Waals surface area contributed by atoms with Crippen molar-refractivity contribution in [2.24, 2.45) is 0 Å². The molecule has 0 aliphatic heterocycles. The Kier molecular flexibility index (Phi) is 7.39. The zero-order valence-corrected chi connectivity index (χ0v) is 20.7. The summed E-state index contributed by atoms with van der Waals surface area (Å²) in [5, 5.41) is 7.28. The summed E-state index contributed by atoms with van der Waals surface area (Å²) in [5.74, 6) is -0.505. The fraction of sp³-hybridized carbons (Fsp3) is 0.407. The van der Waals surface area contributed by atoms with Crippen LogP contribution in [0.2, 0.25) is 5.02 Å². The van der Waals surface area contributed by atoms with Crippen LogP contribution in [0.25, 0.3) is 11.3 Å². The number of hydrogen-bond acceptors (Lipinski definition) is 4. The molecule has 0 saturated heterocycles. The molecule has 0 unspecified atom stereocenters. The molecule has 34 heavy (non-hydrogen) atoms. The number of hydrogen-bond donors (Lipinski definition) is 1. The van der Waals surface area contributed by atoms with Crippen LogP contribution >= 0.6 is 11.6 Å². The van der Waals surface area contributed by atoms with Crippen LogP contribution < -0.4 is 5.32 Å². The molecule has 7 heteroatoms. The second kappa shape index (κ2) is 10.3. The standard InChI is InChI=1S/C27H31ClFN3O2/c1-18-23(25(31-34-18)24-21(28)10-7-11-22(24)29)26(33)30-20-13-16-27(17-14-20,32(2)3)15-12-19-8-5-4-6-9-19/h4-11,20H,12-17H2,1-3H3,(H,30,33). The molecule has 1 fully saturated rings. The molecule has 1 heterocycles. The molecule has 0 radical (unpaired) electrons. The van der Waals surface area contributed by atoms with E-state index in [0.717, 1.165) is 38.5 Å². The van der Waals surface area contributed by atoms with E-state index >= 15 is 0 Å². The number of nitrogens with zero attached hydrogens (tertiary/aromatic N) is 2.